The molecule has 0 radical (unpaired) electrons. The molecule has 0 bridgehead atoms. The van der Waals surface area contributed by atoms with Gasteiger partial charge in [0.15, 0.2) is 0 Å². The third kappa shape index (κ3) is 5.53. The van der Waals surface area contributed by atoms with E-state index in [2.05, 4.69) is 78.0 Å². The zero-order valence-corrected chi connectivity index (χ0v) is 14.8. The maximum Gasteiger partial charge on any atom is -0.0104 e. The van der Waals surface area contributed by atoms with Crippen LogP contribution in [0.3, 0.4) is 0 Å². The minimum absolute atomic E-state index is 0.328. The second-order valence-electron chi connectivity index (χ2n) is 6.75. The van der Waals surface area contributed by atoms with E-state index in [0.29, 0.717) is 5.41 Å². The van der Waals surface area contributed by atoms with Crippen molar-refractivity contribution in [2.24, 2.45) is 5.41 Å². The highest BCUT2D eigenvalue weighted by Gasteiger charge is 2.26. The Morgan fingerprint density at radius 2 is 1.95 bits per heavy atom. The standard InChI is InChI=1S/C21H32/c1-7-17(3)11-9-13-19(8-2)14-15-20-18(4)12-10-16-21(20,5)6/h7,9,11,13-15H,8,10,12,16H2,1-6H3/b11-9+,15-14+,17-7+,19-13-. The summed E-state index contributed by atoms with van der Waals surface area (Å²) in [4.78, 5) is 0. The fourth-order valence-corrected chi connectivity index (χ4v) is 2.91. The van der Waals surface area contributed by atoms with Crippen LogP contribution in [-0.2, 0) is 0 Å². The molecular formula is C21H32. The van der Waals surface area contributed by atoms with Crippen molar-refractivity contribution in [2.45, 2.75) is 67.2 Å². The summed E-state index contributed by atoms with van der Waals surface area (Å²) in [5.74, 6) is 0. The van der Waals surface area contributed by atoms with Crippen LogP contribution in [0.15, 0.2) is 58.7 Å². The van der Waals surface area contributed by atoms with Crippen molar-refractivity contribution in [1.82, 2.24) is 0 Å². The number of hydrogen-bond donors (Lipinski definition) is 0. The molecule has 0 heteroatoms. The quantitative estimate of drug-likeness (QED) is 0.480. The van der Waals surface area contributed by atoms with Gasteiger partial charge in [-0.15, -0.1) is 0 Å². The predicted molar refractivity (Wildman–Crippen MR) is 96.4 cm³/mol. The van der Waals surface area contributed by atoms with Crippen LogP contribution in [-0.4, -0.2) is 0 Å². The highest BCUT2D eigenvalue weighted by Crippen LogP contribution is 2.40. The molecule has 0 aromatic rings. The van der Waals surface area contributed by atoms with Crippen LogP contribution >= 0.6 is 0 Å². The largest absolute Gasteiger partial charge is 0.0847 e. The summed E-state index contributed by atoms with van der Waals surface area (Å²) in [5, 5.41) is 0. The maximum absolute atomic E-state index is 2.37. The van der Waals surface area contributed by atoms with Gasteiger partial charge in [-0.2, -0.15) is 0 Å². The molecule has 0 amide bonds. The molecule has 1 rings (SSSR count). The summed E-state index contributed by atoms with van der Waals surface area (Å²) < 4.78 is 0. The van der Waals surface area contributed by atoms with Crippen LogP contribution in [0.25, 0.3) is 0 Å². The van der Waals surface area contributed by atoms with Crippen molar-refractivity contribution in [3.8, 4) is 0 Å². The van der Waals surface area contributed by atoms with E-state index < -0.39 is 0 Å². The minimum Gasteiger partial charge on any atom is -0.0847 e. The average molecular weight is 284 g/mol. The molecule has 116 valence electrons. The molecule has 21 heavy (non-hydrogen) atoms. The molecule has 0 aromatic heterocycles. The number of rotatable bonds is 5. The second kappa shape index (κ2) is 8.22. The van der Waals surface area contributed by atoms with Crippen LogP contribution in [0.5, 0.6) is 0 Å². The van der Waals surface area contributed by atoms with Gasteiger partial charge in [-0.3, -0.25) is 0 Å². The van der Waals surface area contributed by atoms with Crippen LogP contribution < -0.4 is 0 Å². The molecule has 0 aromatic carbocycles. The molecule has 0 aliphatic heterocycles. The fourth-order valence-electron chi connectivity index (χ4n) is 2.91. The molecule has 0 heterocycles. The lowest BCUT2D eigenvalue weighted by molar-refractivity contribution is 0.377. The normalized spacial score (nSPS) is 20.9. The number of hydrogen-bond acceptors (Lipinski definition) is 0. The Bertz CT molecular complexity index is 490. The molecule has 0 atom stereocenters. The van der Waals surface area contributed by atoms with Crippen LogP contribution in [0.2, 0.25) is 0 Å². The molecule has 0 fully saturated rings. The molecule has 1 aliphatic rings. The Morgan fingerprint density at radius 3 is 2.52 bits per heavy atom. The Kier molecular flexibility index (Phi) is 6.95. The van der Waals surface area contributed by atoms with Crippen LogP contribution in [0.4, 0.5) is 0 Å². The monoisotopic (exact) mass is 284 g/mol. The van der Waals surface area contributed by atoms with Gasteiger partial charge < -0.3 is 0 Å². The van der Waals surface area contributed by atoms with Crippen molar-refractivity contribution in [3.05, 3.63) is 58.7 Å². The van der Waals surface area contributed by atoms with E-state index in [1.807, 2.05) is 0 Å². The topological polar surface area (TPSA) is 0 Å². The summed E-state index contributed by atoms with van der Waals surface area (Å²) >= 11 is 0. The van der Waals surface area contributed by atoms with Gasteiger partial charge in [0.2, 0.25) is 0 Å². The zero-order valence-electron chi connectivity index (χ0n) is 14.8. The molecule has 0 unspecified atom stereocenters. The first-order valence-corrected chi connectivity index (χ1v) is 8.29. The summed E-state index contributed by atoms with van der Waals surface area (Å²) in [6.07, 6.45) is 18.3. The second-order valence-corrected chi connectivity index (χ2v) is 6.75. The third-order valence-corrected chi connectivity index (χ3v) is 4.54. The van der Waals surface area contributed by atoms with Gasteiger partial charge in [0.25, 0.3) is 0 Å². The zero-order chi connectivity index (χ0) is 15.9. The van der Waals surface area contributed by atoms with Crippen LogP contribution in [0.1, 0.15) is 67.2 Å². The maximum atomic E-state index is 2.37. The molecule has 0 saturated heterocycles. The van der Waals surface area contributed by atoms with Gasteiger partial charge in [0.05, 0.1) is 0 Å². The minimum atomic E-state index is 0.328. The van der Waals surface area contributed by atoms with E-state index in [-0.39, 0.29) is 0 Å². The molecule has 0 spiro atoms. The van der Waals surface area contributed by atoms with Gasteiger partial charge in [-0.05, 0) is 63.0 Å². The summed E-state index contributed by atoms with van der Waals surface area (Å²) in [7, 11) is 0. The fraction of sp³-hybridized carbons (Fsp3) is 0.524. The van der Waals surface area contributed by atoms with E-state index in [1.54, 1.807) is 11.1 Å². The van der Waals surface area contributed by atoms with Gasteiger partial charge >= 0.3 is 0 Å². The van der Waals surface area contributed by atoms with Crippen LogP contribution in [0, 0.1) is 5.41 Å². The smallest absolute Gasteiger partial charge is 0.0104 e. The summed E-state index contributed by atoms with van der Waals surface area (Å²) in [5.41, 5.74) is 6.13. The van der Waals surface area contributed by atoms with Crippen molar-refractivity contribution in [3.63, 3.8) is 0 Å². The van der Waals surface area contributed by atoms with Gasteiger partial charge in [-0.25, -0.2) is 0 Å². The molecule has 0 N–H and O–H groups in total. The van der Waals surface area contributed by atoms with Crippen molar-refractivity contribution < 1.29 is 0 Å². The highest BCUT2D eigenvalue weighted by atomic mass is 14.3. The molecule has 0 nitrogen and oxygen atoms in total. The highest BCUT2D eigenvalue weighted by molar-refractivity contribution is 5.37. The molecule has 1 aliphatic carbocycles. The molecule has 0 saturated carbocycles. The van der Waals surface area contributed by atoms with Gasteiger partial charge in [0.1, 0.15) is 0 Å². The lowest BCUT2D eigenvalue weighted by atomic mass is 9.72. The van der Waals surface area contributed by atoms with Crippen molar-refractivity contribution in [2.75, 3.05) is 0 Å². The Morgan fingerprint density at radius 1 is 1.24 bits per heavy atom. The van der Waals surface area contributed by atoms with Gasteiger partial charge in [-0.1, -0.05) is 68.4 Å². The summed E-state index contributed by atoms with van der Waals surface area (Å²) in [6, 6.07) is 0. The SMILES string of the molecule is C/C=C(C)/C=C/C=C(\C=C\C1=C(C)CCCC1(C)C)CC. The lowest BCUT2D eigenvalue weighted by Gasteiger charge is -2.33. The average Bonchev–Trinajstić information content (AvgIpc) is 2.43. The van der Waals surface area contributed by atoms with E-state index in [0.717, 1.165) is 6.42 Å². The summed E-state index contributed by atoms with van der Waals surface area (Å²) in [6.45, 7) is 13.5. The van der Waals surface area contributed by atoms with E-state index in [1.165, 1.54) is 30.4 Å². The Balaban J connectivity index is 2.90. The van der Waals surface area contributed by atoms with Gasteiger partial charge in [0, 0.05) is 0 Å². The Labute approximate surface area is 132 Å². The van der Waals surface area contributed by atoms with E-state index >= 15 is 0 Å². The van der Waals surface area contributed by atoms with E-state index in [9.17, 15) is 0 Å². The van der Waals surface area contributed by atoms with Crippen molar-refractivity contribution >= 4 is 0 Å². The van der Waals surface area contributed by atoms with E-state index in [4.69, 9.17) is 0 Å². The molecular weight excluding hydrogens is 252 g/mol. The first-order chi connectivity index (χ1) is 9.90. The Hall–Kier alpha value is -1.30. The predicted octanol–water partition coefficient (Wildman–Crippen LogP) is 6.93. The first kappa shape index (κ1) is 17.8. The lowest BCUT2D eigenvalue weighted by Crippen LogP contribution is -2.19. The van der Waals surface area contributed by atoms with Crippen molar-refractivity contribution in [1.29, 1.82) is 0 Å². The number of allylic oxidation sites excluding steroid dienone is 10. The first-order valence-electron chi connectivity index (χ1n) is 8.29. The third-order valence-electron chi connectivity index (χ3n) is 4.54.